The van der Waals surface area contributed by atoms with Gasteiger partial charge in [0, 0.05) is 6.54 Å². The Morgan fingerprint density at radius 2 is 2.22 bits per heavy atom. The van der Waals surface area contributed by atoms with Gasteiger partial charge in [0.2, 0.25) is 5.91 Å². The zero-order valence-electron chi connectivity index (χ0n) is 10.4. The number of amides is 1. The number of carbonyl (C=O) groups is 1. The molecule has 0 saturated heterocycles. The first-order valence-corrected chi connectivity index (χ1v) is 6.63. The number of carbonyl (C=O) groups excluding carboxylic acids is 1. The van der Waals surface area contributed by atoms with Crippen LogP contribution in [0.3, 0.4) is 0 Å². The van der Waals surface area contributed by atoms with Crippen molar-refractivity contribution < 1.29 is 4.79 Å². The second-order valence-corrected chi connectivity index (χ2v) is 4.97. The molecule has 1 heterocycles. The molecule has 0 bridgehead atoms. The molecule has 0 aromatic heterocycles. The standard InChI is InChI=1S/C15H18N2O/c18-15(14-9-4-10-16-14)17-13-8-3-6-11-5-1-2-7-12(11)13/h1-2,4-5,7,9,13-14,16H,3,6,8,10H2,(H,17,18). The lowest BCUT2D eigenvalue weighted by Crippen LogP contribution is -2.42. The van der Waals surface area contributed by atoms with E-state index in [-0.39, 0.29) is 18.0 Å². The molecule has 2 aliphatic rings. The lowest BCUT2D eigenvalue weighted by atomic mass is 9.87. The van der Waals surface area contributed by atoms with E-state index in [0.29, 0.717) is 0 Å². The van der Waals surface area contributed by atoms with E-state index < -0.39 is 0 Å². The average Bonchev–Trinajstić information content (AvgIpc) is 2.93. The van der Waals surface area contributed by atoms with Gasteiger partial charge in [-0.25, -0.2) is 0 Å². The largest absolute Gasteiger partial charge is 0.348 e. The van der Waals surface area contributed by atoms with Crippen LogP contribution in [-0.2, 0) is 11.2 Å². The third kappa shape index (κ3) is 2.18. The molecule has 2 N–H and O–H groups in total. The van der Waals surface area contributed by atoms with Crippen molar-refractivity contribution in [1.29, 1.82) is 0 Å². The number of hydrogen-bond acceptors (Lipinski definition) is 2. The fourth-order valence-corrected chi connectivity index (χ4v) is 2.81. The van der Waals surface area contributed by atoms with Gasteiger partial charge in [0.05, 0.1) is 6.04 Å². The highest BCUT2D eigenvalue weighted by atomic mass is 16.2. The summed E-state index contributed by atoms with van der Waals surface area (Å²) < 4.78 is 0. The van der Waals surface area contributed by atoms with Crippen molar-refractivity contribution in [3.63, 3.8) is 0 Å². The van der Waals surface area contributed by atoms with E-state index in [1.807, 2.05) is 12.2 Å². The summed E-state index contributed by atoms with van der Waals surface area (Å²) in [6.45, 7) is 0.791. The van der Waals surface area contributed by atoms with Crippen LogP contribution in [0, 0.1) is 0 Å². The second kappa shape index (κ2) is 4.94. The highest BCUT2D eigenvalue weighted by Crippen LogP contribution is 2.29. The summed E-state index contributed by atoms with van der Waals surface area (Å²) in [6, 6.07) is 8.46. The van der Waals surface area contributed by atoms with Crippen molar-refractivity contribution in [3.8, 4) is 0 Å². The first kappa shape index (κ1) is 11.5. The van der Waals surface area contributed by atoms with Crippen molar-refractivity contribution in [2.24, 2.45) is 0 Å². The zero-order valence-corrected chi connectivity index (χ0v) is 10.4. The number of aryl methyl sites for hydroxylation is 1. The molecule has 1 aromatic rings. The number of hydrogen-bond donors (Lipinski definition) is 2. The first-order chi connectivity index (χ1) is 8.84. The minimum absolute atomic E-state index is 0.0884. The minimum atomic E-state index is -0.154. The van der Waals surface area contributed by atoms with E-state index in [1.165, 1.54) is 11.1 Å². The van der Waals surface area contributed by atoms with Crippen molar-refractivity contribution in [1.82, 2.24) is 10.6 Å². The van der Waals surface area contributed by atoms with Crippen molar-refractivity contribution in [2.75, 3.05) is 6.54 Å². The Hall–Kier alpha value is -1.61. The smallest absolute Gasteiger partial charge is 0.241 e. The molecule has 1 amide bonds. The molecule has 0 spiro atoms. The molecule has 1 aliphatic heterocycles. The molecule has 3 rings (SSSR count). The maximum atomic E-state index is 12.1. The van der Waals surface area contributed by atoms with Gasteiger partial charge in [0.25, 0.3) is 0 Å². The molecule has 0 fully saturated rings. The summed E-state index contributed by atoms with van der Waals surface area (Å²) in [5.41, 5.74) is 2.67. The highest BCUT2D eigenvalue weighted by molar-refractivity contribution is 5.84. The van der Waals surface area contributed by atoms with E-state index in [9.17, 15) is 4.79 Å². The molecule has 2 unspecified atom stereocenters. The topological polar surface area (TPSA) is 41.1 Å². The molecule has 3 heteroatoms. The van der Waals surface area contributed by atoms with Crippen LogP contribution in [0.1, 0.15) is 30.0 Å². The summed E-state index contributed by atoms with van der Waals surface area (Å²) in [7, 11) is 0. The summed E-state index contributed by atoms with van der Waals surface area (Å²) >= 11 is 0. The summed E-state index contributed by atoms with van der Waals surface area (Å²) in [4.78, 5) is 12.1. The highest BCUT2D eigenvalue weighted by Gasteiger charge is 2.24. The van der Waals surface area contributed by atoms with Gasteiger partial charge in [-0.15, -0.1) is 0 Å². The SMILES string of the molecule is O=C(NC1CCCc2ccccc21)C1C=CCN1. The summed E-state index contributed by atoms with van der Waals surface area (Å²) in [6.07, 6.45) is 7.25. The minimum Gasteiger partial charge on any atom is -0.348 e. The Kier molecular flexibility index (Phi) is 3.15. The van der Waals surface area contributed by atoms with Gasteiger partial charge < -0.3 is 5.32 Å². The summed E-state index contributed by atoms with van der Waals surface area (Å²) in [5.74, 6) is 0.0884. The van der Waals surface area contributed by atoms with Crippen LogP contribution in [0.15, 0.2) is 36.4 Å². The zero-order chi connectivity index (χ0) is 12.4. The molecule has 2 atom stereocenters. The molecule has 0 saturated carbocycles. The average molecular weight is 242 g/mol. The predicted molar refractivity (Wildman–Crippen MR) is 71.2 cm³/mol. The fraction of sp³-hybridized carbons (Fsp3) is 0.400. The molecule has 1 aromatic carbocycles. The monoisotopic (exact) mass is 242 g/mol. The van der Waals surface area contributed by atoms with Crippen LogP contribution in [-0.4, -0.2) is 18.5 Å². The van der Waals surface area contributed by atoms with Crippen LogP contribution >= 0.6 is 0 Å². The maximum Gasteiger partial charge on any atom is 0.241 e. The molecule has 1 aliphatic carbocycles. The first-order valence-electron chi connectivity index (χ1n) is 6.63. The molecule has 0 radical (unpaired) electrons. The maximum absolute atomic E-state index is 12.1. The van der Waals surface area contributed by atoms with E-state index in [2.05, 4.69) is 34.9 Å². The fourth-order valence-electron chi connectivity index (χ4n) is 2.81. The normalized spacial score (nSPS) is 25.8. The number of rotatable bonds is 2. The van der Waals surface area contributed by atoms with E-state index in [4.69, 9.17) is 0 Å². The van der Waals surface area contributed by atoms with Gasteiger partial charge >= 0.3 is 0 Å². The molecular formula is C15H18N2O. The number of fused-ring (bicyclic) bond motifs is 1. The Labute approximate surface area is 107 Å². The summed E-state index contributed by atoms with van der Waals surface area (Å²) in [5, 5.41) is 6.31. The van der Waals surface area contributed by atoms with Gasteiger partial charge in [-0.3, -0.25) is 10.1 Å². The lowest BCUT2D eigenvalue weighted by molar-refractivity contribution is -0.122. The number of nitrogens with one attached hydrogen (secondary N) is 2. The third-order valence-corrected chi connectivity index (χ3v) is 3.75. The molecule has 94 valence electrons. The van der Waals surface area contributed by atoms with E-state index >= 15 is 0 Å². The van der Waals surface area contributed by atoms with Crippen molar-refractivity contribution >= 4 is 5.91 Å². The Bertz CT molecular complexity index is 481. The molecule has 18 heavy (non-hydrogen) atoms. The van der Waals surface area contributed by atoms with Crippen molar-refractivity contribution in [2.45, 2.75) is 31.3 Å². The second-order valence-electron chi connectivity index (χ2n) is 4.97. The van der Waals surface area contributed by atoms with E-state index in [0.717, 1.165) is 25.8 Å². The van der Waals surface area contributed by atoms with E-state index in [1.54, 1.807) is 0 Å². The lowest BCUT2D eigenvalue weighted by Gasteiger charge is -2.27. The predicted octanol–water partition coefficient (Wildman–Crippen LogP) is 1.71. The molecular weight excluding hydrogens is 224 g/mol. The van der Waals surface area contributed by atoms with Crippen LogP contribution < -0.4 is 10.6 Å². The van der Waals surface area contributed by atoms with Crippen molar-refractivity contribution in [3.05, 3.63) is 47.5 Å². The quantitative estimate of drug-likeness (QED) is 0.775. The molecule has 3 nitrogen and oxygen atoms in total. The van der Waals surface area contributed by atoms with Gasteiger partial charge in [-0.1, -0.05) is 36.4 Å². The van der Waals surface area contributed by atoms with Gasteiger partial charge in [-0.05, 0) is 30.4 Å². The van der Waals surface area contributed by atoms with Gasteiger partial charge in [0.1, 0.15) is 6.04 Å². The third-order valence-electron chi connectivity index (χ3n) is 3.75. The van der Waals surface area contributed by atoms with Gasteiger partial charge in [0.15, 0.2) is 0 Å². The Morgan fingerprint density at radius 3 is 3.06 bits per heavy atom. The Balaban J connectivity index is 1.74. The van der Waals surface area contributed by atoms with Gasteiger partial charge in [-0.2, -0.15) is 0 Å². The van der Waals surface area contributed by atoms with Crippen LogP contribution in [0.2, 0.25) is 0 Å². The van der Waals surface area contributed by atoms with Crippen LogP contribution in [0.5, 0.6) is 0 Å². The Morgan fingerprint density at radius 1 is 1.33 bits per heavy atom. The van der Waals surface area contributed by atoms with Crippen LogP contribution in [0.25, 0.3) is 0 Å². The number of benzene rings is 1. The van der Waals surface area contributed by atoms with Crippen LogP contribution in [0.4, 0.5) is 0 Å².